The summed E-state index contributed by atoms with van der Waals surface area (Å²) in [6.07, 6.45) is 0. The Balaban J connectivity index is 0.000000150. The Kier molecular flexibility index (Phi) is 15.3. The molecular formula is C96H76N4. The summed E-state index contributed by atoms with van der Waals surface area (Å²) in [5.41, 5.74) is 34.6. The third kappa shape index (κ3) is 10.7. The van der Waals surface area contributed by atoms with Gasteiger partial charge < -0.3 is 18.9 Å². The summed E-state index contributed by atoms with van der Waals surface area (Å²) in [5.74, 6) is 0. The summed E-state index contributed by atoms with van der Waals surface area (Å²) in [6.45, 7) is 13.9. The third-order valence-electron chi connectivity index (χ3n) is 20.8. The van der Waals surface area contributed by atoms with Gasteiger partial charge in [0.15, 0.2) is 0 Å². The van der Waals surface area contributed by atoms with Crippen molar-refractivity contribution in [3.63, 3.8) is 0 Å². The van der Waals surface area contributed by atoms with Gasteiger partial charge in [-0.3, -0.25) is 0 Å². The molecule has 0 amide bonds. The van der Waals surface area contributed by atoms with E-state index in [9.17, 15) is 0 Å². The summed E-state index contributed by atoms with van der Waals surface area (Å²) in [4.78, 5) is 4.66. The summed E-state index contributed by atoms with van der Waals surface area (Å²) in [6, 6.07) is 128. The fourth-order valence-corrected chi connectivity index (χ4v) is 16.0. The van der Waals surface area contributed by atoms with Gasteiger partial charge >= 0.3 is 0 Å². The van der Waals surface area contributed by atoms with E-state index < -0.39 is 0 Å². The number of hydrogen-bond acceptors (Lipinski definition) is 2. The number of fused-ring (bicyclic) bond motifs is 10. The fraction of sp³-hybridized carbons (Fsp3) is 0.0833. The average molecular weight is 1290 g/mol. The minimum Gasteiger partial charge on any atom is -0.311 e. The van der Waals surface area contributed by atoms with E-state index in [0.717, 1.165) is 34.1 Å². The number of aromatic nitrogens is 2. The van der Waals surface area contributed by atoms with Crippen LogP contribution in [0.2, 0.25) is 0 Å². The summed E-state index contributed by atoms with van der Waals surface area (Å²) in [7, 11) is 0. The van der Waals surface area contributed by atoms with Crippen molar-refractivity contribution < 1.29 is 0 Å². The van der Waals surface area contributed by atoms with Crippen molar-refractivity contribution in [2.45, 2.75) is 52.4 Å². The quantitative estimate of drug-likeness (QED) is 0.121. The van der Waals surface area contributed by atoms with Crippen LogP contribution in [0.3, 0.4) is 0 Å². The van der Waals surface area contributed by atoms with Crippen LogP contribution in [0.5, 0.6) is 0 Å². The second kappa shape index (κ2) is 25.0. The van der Waals surface area contributed by atoms with Crippen molar-refractivity contribution >= 4 is 55.9 Å². The molecular weight excluding hydrogens is 1210 g/mol. The molecule has 4 nitrogen and oxygen atoms in total. The number of benzene rings is 14. The first-order valence-corrected chi connectivity index (χ1v) is 34.9. The van der Waals surface area contributed by atoms with Crippen molar-refractivity contribution in [2.24, 2.45) is 0 Å². The van der Waals surface area contributed by atoms with E-state index in [1.807, 2.05) is 0 Å². The molecule has 0 fully saturated rings. The lowest BCUT2D eigenvalue weighted by atomic mass is 9.81. The van der Waals surface area contributed by atoms with Gasteiger partial charge in [0.05, 0.1) is 22.4 Å². The zero-order valence-corrected chi connectivity index (χ0v) is 57.3. The molecule has 18 rings (SSSR count). The van der Waals surface area contributed by atoms with Gasteiger partial charge in [0.1, 0.15) is 0 Å². The first-order valence-electron chi connectivity index (χ1n) is 34.9. The topological polar surface area (TPSA) is 16.3 Å². The Morgan fingerprint density at radius 3 is 1.02 bits per heavy atom. The van der Waals surface area contributed by atoms with Crippen molar-refractivity contribution in [3.05, 3.63) is 385 Å². The molecule has 0 aliphatic heterocycles. The molecule has 100 heavy (non-hydrogen) atoms. The monoisotopic (exact) mass is 1280 g/mol. The Morgan fingerprint density at radius 1 is 0.240 bits per heavy atom. The third-order valence-corrected chi connectivity index (χ3v) is 20.8. The van der Waals surface area contributed by atoms with E-state index in [4.69, 9.17) is 0 Å². The lowest BCUT2D eigenvalue weighted by molar-refractivity contribution is 0.665. The van der Waals surface area contributed by atoms with E-state index in [-0.39, 0.29) is 10.8 Å². The average Bonchev–Trinajstić information content (AvgIpc) is 1.54. The molecule has 0 spiro atoms. The molecule has 14 aromatic carbocycles. The highest BCUT2D eigenvalue weighted by molar-refractivity contribution is 6.03. The highest BCUT2D eigenvalue weighted by Crippen LogP contribution is 2.56. The first kappa shape index (κ1) is 61.4. The van der Waals surface area contributed by atoms with Crippen LogP contribution in [0.25, 0.3) is 100 Å². The second-order valence-electron chi connectivity index (χ2n) is 27.9. The molecule has 2 aliphatic rings. The SMILES string of the molecule is Cc1ccc2c(c1)C(C)(C)c1c-2n(-c2ccccc2)c2ccc(-c3ccc(N(c4ccccc4)c4ccc(-c5ccccc5)cc4)cc3)cc12.Cc1cccc(-n2c3c(c4cc(-c5ccc(N(c6ccccc6)c6ccc(-c7ccccc7)cc6)cc5)ccc42)C(C)(C)c2ccccc2-3)c1. The van der Waals surface area contributed by atoms with Crippen LogP contribution in [-0.2, 0) is 10.8 Å². The van der Waals surface area contributed by atoms with Crippen LogP contribution >= 0.6 is 0 Å². The fourth-order valence-electron chi connectivity index (χ4n) is 16.0. The number of aryl methyl sites for hydroxylation is 2. The van der Waals surface area contributed by atoms with Crippen LogP contribution in [0, 0.1) is 13.8 Å². The maximum Gasteiger partial charge on any atom is 0.0585 e. The lowest BCUT2D eigenvalue weighted by Crippen LogP contribution is -2.15. The van der Waals surface area contributed by atoms with Crippen molar-refractivity contribution in [1.82, 2.24) is 9.13 Å². The number of nitrogens with zero attached hydrogens (tertiary/aromatic N) is 4. The molecule has 480 valence electrons. The molecule has 2 aliphatic carbocycles. The highest BCUT2D eigenvalue weighted by atomic mass is 15.1. The van der Waals surface area contributed by atoms with Gasteiger partial charge in [-0.2, -0.15) is 0 Å². The molecule has 0 saturated heterocycles. The van der Waals surface area contributed by atoms with E-state index in [0.29, 0.717) is 0 Å². The summed E-state index contributed by atoms with van der Waals surface area (Å²) < 4.78 is 4.96. The molecule has 0 saturated carbocycles. The van der Waals surface area contributed by atoms with E-state index in [1.165, 1.54) is 134 Å². The van der Waals surface area contributed by atoms with Gasteiger partial charge in [0, 0.05) is 78.2 Å². The Bertz CT molecular complexity index is 5670. The maximum absolute atomic E-state index is 2.49. The predicted octanol–water partition coefficient (Wildman–Crippen LogP) is 26.1. The van der Waals surface area contributed by atoms with Crippen LogP contribution in [0.4, 0.5) is 34.1 Å². The van der Waals surface area contributed by atoms with Crippen molar-refractivity contribution in [1.29, 1.82) is 0 Å². The van der Waals surface area contributed by atoms with Crippen LogP contribution in [-0.4, -0.2) is 9.13 Å². The molecule has 0 bridgehead atoms. The van der Waals surface area contributed by atoms with Gasteiger partial charge in [-0.25, -0.2) is 0 Å². The Hall–Kier alpha value is -12.2. The Morgan fingerprint density at radius 2 is 0.570 bits per heavy atom. The van der Waals surface area contributed by atoms with Gasteiger partial charge in [-0.15, -0.1) is 0 Å². The normalized spacial score (nSPS) is 12.9. The van der Waals surface area contributed by atoms with Crippen LogP contribution in [0.1, 0.15) is 61.1 Å². The van der Waals surface area contributed by atoms with Gasteiger partial charge in [-0.05, 0) is 207 Å². The van der Waals surface area contributed by atoms with Crippen LogP contribution in [0.15, 0.2) is 352 Å². The molecule has 2 aromatic heterocycles. The number of para-hydroxylation sites is 3. The zero-order chi connectivity index (χ0) is 67.6. The second-order valence-corrected chi connectivity index (χ2v) is 27.9. The minimum absolute atomic E-state index is 0.117. The largest absolute Gasteiger partial charge is 0.311 e. The van der Waals surface area contributed by atoms with Crippen LogP contribution < -0.4 is 9.80 Å². The molecule has 0 radical (unpaired) electrons. The number of hydrogen-bond donors (Lipinski definition) is 0. The smallest absolute Gasteiger partial charge is 0.0585 e. The van der Waals surface area contributed by atoms with Gasteiger partial charge in [0.2, 0.25) is 0 Å². The lowest BCUT2D eigenvalue weighted by Gasteiger charge is -2.26. The molecule has 16 aromatic rings. The van der Waals surface area contributed by atoms with Gasteiger partial charge in [0.25, 0.3) is 0 Å². The summed E-state index contributed by atoms with van der Waals surface area (Å²) in [5, 5.41) is 2.63. The van der Waals surface area contributed by atoms with E-state index >= 15 is 0 Å². The number of anilines is 6. The zero-order valence-electron chi connectivity index (χ0n) is 57.3. The highest BCUT2D eigenvalue weighted by Gasteiger charge is 2.42. The van der Waals surface area contributed by atoms with Crippen molar-refractivity contribution in [2.75, 3.05) is 9.80 Å². The first-order chi connectivity index (χ1) is 48.9. The van der Waals surface area contributed by atoms with E-state index in [1.54, 1.807) is 0 Å². The molecule has 2 heterocycles. The molecule has 4 heteroatoms. The summed E-state index contributed by atoms with van der Waals surface area (Å²) >= 11 is 0. The Labute approximate surface area is 587 Å². The molecule has 0 unspecified atom stereocenters. The standard InChI is InChI=1S/2C48H38N2/c1-33-19-29-42-44(31-33)48(2,3)46-43-32-37(24-30-45(43)50(47(42)46)39-17-11-6-12-18-39)36-22-27-41(28-23-36)49(38-15-9-5-10-16-38)40-25-20-35(21-26-40)34-13-7-4-8-14-34;1-33-13-12-18-41(31-33)50-45-30-25-37(32-43(45)46-47(50)42-19-10-11-20-44(42)48(46,2)3)36-23-28-40(29-24-36)49(38-16-8-5-9-17-38)39-26-21-35(22-27-39)34-14-6-4-7-15-34/h2*4-32H,1-3H3. The maximum atomic E-state index is 2.49. The predicted molar refractivity (Wildman–Crippen MR) is 422 cm³/mol. The number of rotatable bonds is 12. The van der Waals surface area contributed by atoms with E-state index in [2.05, 4.69) is 412 Å². The molecule has 0 N–H and O–H groups in total. The van der Waals surface area contributed by atoms with Gasteiger partial charge in [-0.1, -0.05) is 264 Å². The molecule has 0 atom stereocenters. The van der Waals surface area contributed by atoms with Crippen molar-refractivity contribution in [3.8, 4) is 78.4 Å². The minimum atomic E-state index is -0.121.